The summed E-state index contributed by atoms with van der Waals surface area (Å²) in [5, 5.41) is 16.0. The standard InChI is InChI=1S/C15H22N4O2.C10H20O2/c1-2-3-4-5-6-7-8-11-14(20)21-19-15-13(17-18-19)10-9-12-16-15;1-2-3-4-5-6-7-8-9-10(11)12/h9-10,12H,2-8,11H2,1H3;2-9H2,1H3,(H,11,12). The van der Waals surface area contributed by atoms with E-state index in [0.29, 0.717) is 24.0 Å². The molecule has 0 aliphatic carbocycles. The Hall–Kier alpha value is -2.51. The maximum Gasteiger partial charge on any atom is 0.335 e. The molecule has 2 aromatic heterocycles. The minimum absolute atomic E-state index is 0.291. The number of pyridine rings is 1. The molecule has 2 rings (SSSR count). The van der Waals surface area contributed by atoms with E-state index in [9.17, 15) is 9.59 Å². The number of hydrogen-bond donors (Lipinski definition) is 1. The minimum atomic E-state index is -0.663. The molecule has 8 nitrogen and oxygen atoms in total. The average Bonchev–Trinajstić information content (AvgIpc) is 3.21. The predicted octanol–water partition coefficient (Wildman–Crippen LogP) is 6.13. The quantitative estimate of drug-likeness (QED) is 0.222. The summed E-state index contributed by atoms with van der Waals surface area (Å²) in [4.78, 5) is 32.2. The highest BCUT2D eigenvalue weighted by Crippen LogP contribution is 2.10. The lowest BCUT2D eigenvalue weighted by Crippen LogP contribution is -2.21. The van der Waals surface area contributed by atoms with E-state index in [1.807, 2.05) is 0 Å². The Morgan fingerprint density at radius 2 is 1.39 bits per heavy atom. The van der Waals surface area contributed by atoms with Crippen LogP contribution in [0.15, 0.2) is 18.3 Å². The second-order valence-electron chi connectivity index (χ2n) is 8.41. The maximum absolute atomic E-state index is 11.8. The lowest BCUT2D eigenvalue weighted by Gasteiger charge is -2.03. The van der Waals surface area contributed by atoms with Gasteiger partial charge in [0.25, 0.3) is 0 Å². The van der Waals surface area contributed by atoms with Crippen molar-refractivity contribution in [3.05, 3.63) is 18.3 Å². The van der Waals surface area contributed by atoms with Crippen LogP contribution >= 0.6 is 0 Å². The van der Waals surface area contributed by atoms with Crippen molar-refractivity contribution in [2.24, 2.45) is 0 Å². The number of hydrogen-bond acceptors (Lipinski definition) is 6. The number of aromatic nitrogens is 4. The van der Waals surface area contributed by atoms with Crippen molar-refractivity contribution in [2.75, 3.05) is 0 Å². The first-order chi connectivity index (χ1) is 16.1. The zero-order valence-corrected chi connectivity index (χ0v) is 20.5. The number of nitrogens with zero attached hydrogens (tertiary/aromatic N) is 4. The van der Waals surface area contributed by atoms with Crippen LogP contribution in [0.4, 0.5) is 0 Å². The third-order valence-electron chi connectivity index (χ3n) is 5.35. The van der Waals surface area contributed by atoms with Crippen molar-refractivity contribution in [3.8, 4) is 0 Å². The molecule has 0 saturated heterocycles. The van der Waals surface area contributed by atoms with Crippen molar-refractivity contribution in [1.82, 2.24) is 20.1 Å². The Morgan fingerprint density at radius 3 is 1.97 bits per heavy atom. The Bertz CT molecular complexity index is 779. The minimum Gasteiger partial charge on any atom is -0.481 e. The van der Waals surface area contributed by atoms with Gasteiger partial charge in [-0.1, -0.05) is 90.9 Å². The molecule has 8 heteroatoms. The van der Waals surface area contributed by atoms with Crippen LogP contribution in [0, 0.1) is 0 Å². The van der Waals surface area contributed by atoms with Crippen LogP contribution in [-0.2, 0) is 9.59 Å². The fraction of sp³-hybridized carbons (Fsp3) is 0.720. The summed E-state index contributed by atoms with van der Waals surface area (Å²) in [5.41, 5.74) is 1.08. The smallest absolute Gasteiger partial charge is 0.335 e. The Morgan fingerprint density at radius 1 is 0.848 bits per heavy atom. The van der Waals surface area contributed by atoms with Gasteiger partial charge in [0.05, 0.1) is 0 Å². The maximum atomic E-state index is 11.8. The molecule has 0 bridgehead atoms. The highest BCUT2D eigenvalue weighted by Gasteiger charge is 2.10. The summed E-state index contributed by atoms with van der Waals surface area (Å²) in [6, 6.07) is 3.54. The van der Waals surface area contributed by atoms with E-state index in [0.717, 1.165) is 30.5 Å². The highest BCUT2D eigenvalue weighted by molar-refractivity contribution is 5.72. The van der Waals surface area contributed by atoms with Crippen LogP contribution in [0.25, 0.3) is 11.2 Å². The molecule has 0 fully saturated rings. The van der Waals surface area contributed by atoms with Crippen LogP contribution in [0.1, 0.15) is 117 Å². The number of carboxylic acids is 1. The lowest BCUT2D eigenvalue weighted by atomic mass is 10.1. The van der Waals surface area contributed by atoms with Gasteiger partial charge < -0.3 is 9.94 Å². The third kappa shape index (κ3) is 14.3. The first kappa shape index (κ1) is 28.5. The number of fused-ring (bicyclic) bond motifs is 1. The van der Waals surface area contributed by atoms with E-state index in [2.05, 4.69) is 29.1 Å². The van der Waals surface area contributed by atoms with Crippen molar-refractivity contribution in [1.29, 1.82) is 0 Å². The summed E-state index contributed by atoms with van der Waals surface area (Å²) < 4.78 is 0. The van der Waals surface area contributed by atoms with E-state index >= 15 is 0 Å². The molecule has 0 saturated carbocycles. The molecule has 186 valence electrons. The van der Waals surface area contributed by atoms with Crippen LogP contribution < -0.4 is 4.84 Å². The molecule has 0 aliphatic rings. The van der Waals surface area contributed by atoms with Gasteiger partial charge in [-0.05, 0) is 35.0 Å². The largest absolute Gasteiger partial charge is 0.481 e. The number of carbonyl (C=O) groups excluding carboxylic acids is 1. The molecule has 1 N–H and O–H groups in total. The predicted molar refractivity (Wildman–Crippen MR) is 130 cm³/mol. The number of unbranched alkanes of at least 4 members (excludes halogenated alkanes) is 12. The van der Waals surface area contributed by atoms with E-state index < -0.39 is 5.97 Å². The first-order valence-electron chi connectivity index (χ1n) is 12.7. The van der Waals surface area contributed by atoms with Gasteiger partial charge in [0.2, 0.25) is 5.65 Å². The number of aliphatic carboxylic acids is 1. The van der Waals surface area contributed by atoms with E-state index in [-0.39, 0.29) is 5.97 Å². The van der Waals surface area contributed by atoms with Crippen molar-refractivity contribution in [2.45, 2.75) is 117 Å². The molecule has 0 unspecified atom stereocenters. The number of rotatable bonds is 17. The van der Waals surface area contributed by atoms with Gasteiger partial charge in [-0.15, -0.1) is 5.10 Å². The second kappa shape index (κ2) is 19.0. The molecule has 33 heavy (non-hydrogen) atoms. The fourth-order valence-electron chi connectivity index (χ4n) is 3.41. The molecule has 0 atom stereocenters. The topological polar surface area (TPSA) is 107 Å². The van der Waals surface area contributed by atoms with Crippen LogP contribution in [0.5, 0.6) is 0 Å². The van der Waals surface area contributed by atoms with Crippen LogP contribution in [-0.4, -0.2) is 37.2 Å². The number of carboxylic acid groups (broad SMARTS) is 1. The van der Waals surface area contributed by atoms with Gasteiger partial charge in [0.15, 0.2) is 0 Å². The summed E-state index contributed by atoms with van der Waals surface area (Å²) >= 11 is 0. The van der Waals surface area contributed by atoms with E-state index in [1.165, 1.54) is 64.2 Å². The molecule has 2 heterocycles. The molecule has 0 radical (unpaired) electrons. The Kier molecular flexibility index (Phi) is 16.4. The molecule has 0 amide bonds. The molecule has 0 aromatic carbocycles. The van der Waals surface area contributed by atoms with Gasteiger partial charge in [-0.25, -0.2) is 9.78 Å². The lowest BCUT2D eigenvalue weighted by molar-refractivity contribution is -0.145. The van der Waals surface area contributed by atoms with Gasteiger partial charge in [-0.2, -0.15) is 0 Å². The van der Waals surface area contributed by atoms with E-state index in [4.69, 9.17) is 9.94 Å². The summed E-state index contributed by atoms with van der Waals surface area (Å²) in [5.74, 6) is -0.954. The van der Waals surface area contributed by atoms with Crippen molar-refractivity contribution in [3.63, 3.8) is 0 Å². The Labute approximate surface area is 198 Å². The molecule has 0 spiro atoms. The first-order valence-corrected chi connectivity index (χ1v) is 12.7. The molecular weight excluding hydrogens is 420 g/mol. The zero-order valence-electron chi connectivity index (χ0n) is 20.5. The second-order valence-corrected chi connectivity index (χ2v) is 8.41. The molecule has 0 aliphatic heterocycles. The molecular formula is C25H42N4O4. The van der Waals surface area contributed by atoms with E-state index in [1.54, 1.807) is 18.3 Å². The van der Waals surface area contributed by atoms with Gasteiger partial charge in [0.1, 0.15) is 5.52 Å². The summed E-state index contributed by atoms with van der Waals surface area (Å²) in [6.07, 6.45) is 18.9. The van der Waals surface area contributed by atoms with Gasteiger partial charge in [0, 0.05) is 19.0 Å². The SMILES string of the molecule is CCCCCCCCCC(=O)O.CCCCCCCCCC(=O)On1nnc2cccnc21. The van der Waals surface area contributed by atoms with Gasteiger partial charge >= 0.3 is 11.9 Å². The normalized spacial score (nSPS) is 10.6. The third-order valence-corrected chi connectivity index (χ3v) is 5.35. The van der Waals surface area contributed by atoms with Crippen molar-refractivity contribution < 1.29 is 19.5 Å². The number of carbonyl (C=O) groups is 2. The summed E-state index contributed by atoms with van der Waals surface area (Å²) in [7, 11) is 0. The van der Waals surface area contributed by atoms with Crippen LogP contribution in [0.2, 0.25) is 0 Å². The Balaban J connectivity index is 0.000000389. The monoisotopic (exact) mass is 462 g/mol. The average molecular weight is 463 g/mol. The van der Waals surface area contributed by atoms with Gasteiger partial charge in [-0.3, -0.25) is 4.79 Å². The highest BCUT2D eigenvalue weighted by atomic mass is 16.7. The molecule has 2 aromatic rings. The fourth-order valence-corrected chi connectivity index (χ4v) is 3.41. The summed E-state index contributed by atoms with van der Waals surface area (Å²) in [6.45, 7) is 4.41. The zero-order chi connectivity index (χ0) is 24.2. The van der Waals surface area contributed by atoms with Crippen molar-refractivity contribution >= 4 is 23.1 Å². The van der Waals surface area contributed by atoms with Crippen LogP contribution in [0.3, 0.4) is 0 Å².